The summed E-state index contributed by atoms with van der Waals surface area (Å²) in [5.74, 6) is -0.782. The van der Waals surface area contributed by atoms with E-state index in [1.807, 2.05) is 0 Å². The minimum absolute atomic E-state index is 0.184. The van der Waals surface area contributed by atoms with E-state index < -0.39 is 21.7 Å². The van der Waals surface area contributed by atoms with Gasteiger partial charge in [-0.1, -0.05) is 6.07 Å². The lowest BCUT2D eigenvalue weighted by atomic mass is 10.2. The van der Waals surface area contributed by atoms with Crippen LogP contribution in [-0.2, 0) is 10.0 Å². The van der Waals surface area contributed by atoms with Crippen LogP contribution in [-0.4, -0.2) is 27.7 Å². The van der Waals surface area contributed by atoms with Crippen molar-refractivity contribution >= 4 is 27.3 Å². The molecule has 6 nitrogen and oxygen atoms in total. The number of anilines is 2. The number of carbonyl (C=O) groups excluding carboxylic acids is 1. The number of rotatable bonds is 5. The normalized spacial score (nSPS) is 10.9. The first-order valence-electron chi connectivity index (χ1n) is 6.51. The first-order chi connectivity index (χ1) is 10.8. The van der Waals surface area contributed by atoms with Crippen LogP contribution >= 0.6 is 0 Å². The third-order valence-electron chi connectivity index (χ3n) is 2.84. The number of carbonyl (C=O) groups is 1. The van der Waals surface area contributed by atoms with Crippen molar-refractivity contribution in [1.29, 1.82) is 0 Å². The topological polar surface area (TPSA) is 84.5 Å². The highest BCUT2D eigenvalue weighted by Gasteiger charge is 2.12. The van der Waals surface area contributed by atoms with Crippen LogP contribution < -0.4 is 14.8 Å². The van der Waals surface area contributed by atoms with Gasteiger partial charge in [-0.3, -0.25) is 9.52 Å². The van der Waals surface area contributed by atoms with Crippen LogP contribution in [0.5, 0.6) is 5.75 Å². The summed E-state index contributed by atoms with van der Waals surface area (Å²) in [6.45, 7) is 0. The van der Waals surface area contributed by atoms with Crippen LogP contribution in [0, 0.1) is 5.82 Å². The Morgan fingerprint density at radius 2 is 1.91 bits per heavy atom. The monoisotopic (exact) mass is 338 g/mol. The van der Waals surface area contributed by atoms with E-state index in [0.717, 1.165) is 12.3 Å². The second-order valence-corrected chi connectivity index (χ2v) is 6.50. The third-order valence-corrected chi connectivity index (χ3v) is 3.45. The van der Waals surface area contributed by atoms with Crippen LogP contribution in [0.4, 0.5) is 15.8 Å². The molecule has 2 aromatic carbocycles. The molecule has 122 valence electrons. The van der Waals surface area contributed by atoms with Crippen molar-refractivity contribution in [2.45, 2.75) is 0 Å². The molecule has 0 aliphatic carbocycles. The number of methoxy groups -OCH3 is 1. The Balaban J connectivity index is 2.23. The molecule has 0 fully saturated rings. The molecule has 0 unspecified atom stereocenters. The molecule has 0 atom stereocenters. The molecule has 0 aliphatic rings. The van der Waals surface area contributed by atoms with Gasteiger partial charge in [0.05, 0.1) is 19.1 Å². The average molecular weight is 338 g/mol. The Kier molecular flexibility index (Phi) is 4.85. The molecule has 0 saturated carbocycles. The molecule has 0 aliphatic heterocycles. The molecular weight excluding hydrogens is 323 g/mol. The van der Waals surface area contributed by atoms with Gasteiger partial charge >= 0.3 is 0 Å². The summed E-state index contributed by atoms with van der Waals surface area (Å²) in [4.78, 5) is 12.2. The van der Waals surface area contributed by atoms with E-state index in [2.05, 4.69) is 10.0 Å². The maximum absolute atomic E-state index is 13.1. The first-order valence-corrected chi connectivity index (χ1v) is 8.40. The number of hydrogen-bond acceptors (Lipinski definition) is 4. The van der Waals surface area contributed by atoms with Gasteiger partial charge in [0.15, 0.2) is 0 Å². The van der Waals surface area contributed by atoms with E-state index in [0.29, 0.717) is 5.69 Å². The molecule has 2 rings (SSSR count). The summed E-state index contributed by atoms with van der Waals surface area (Å²) in [5.41, 5.74) is 0.816. The Labute approximate surface area is 133 Å². The van der Waals surface area contributed by atoms with E-state index in [1.165, 1.54) is 37.4 Å². The van der Waals surface area contributed by atoms with Crippen molar-refractivity contribution in [3.8, 4) is 5.75 Å². The van der Waals surface area contributed by atoms with Crippen LogP contribution in [0.2, 0.25) is 0 Å². The maximum atomic E-state index is 13.1. The smallest absolute Gasteiger partial charge is 0.255 e. The van der Waals surface area contributed by atoms with E-state index in [4.69, 9.17) is 4.74 Å². The number of halogens is 1. The summed E-state index contributed by atoms with van der Waals surface area (Å²) in [6, 6.07) is 9.72. The van der Waals surface area contributed by atoms with Gasteiger partial charge in [-0.15, -0.1) is 0 Å². The second-order valence-electron chi connectivity index (χ2n) is 4.75. The fourth-order valence-electron chi connectivity index (χ4n) is 1.90. The maximum Gasteiger partial charge on any atom is 0.255 e. The molecule has 0 heterocycles. The Morgan fingerprint density at radius 1 is 1.17 bits per heavy atom. The SMILES string of the molecule is COc1cc(F)ccc1NC(=O)c1cccc(NS(C)(=O)=O)c1. The molecule has 8 heteroatoms. The van der Waals surface area contributed by atoms with Gasteiger partial charge in [-0.05, 0) is 30.3 Å². The van der Waals surface area contributed by atoms with Gasteiger partial charge < -0.3 is 10.1 Å². The Bertz CT molecular complexity index is 837. The average Bonchev–Trinajstić information content (AvgIpc) is 2.47. The largest absolute Gasteiger partial charge is 0.494 e. The lowest BCUT2D eigenvalue weighted by Gasteiger charge is -2.11. The van der Waals surface area contributed by atoms with Gasteiger partial charge in [0.1, 0.15) is 11.6 Å². The molecule has 1 amide bonds. The van der Waals surface area contributed by atoms with Crippen molar-refractivity contribution in [2.24, 2.45) is 0 Å². The van der Waals surface area contributed by atoms with Crippen molar-refractivity contribution in [1.82, 2.24) is 0 Å². The second kappa shape index (κ2) is 6.66. The van der Waals surface area contributed by atoms with Crippen LogP contribution in [0.3, 0.4) is 0 Å². The van der Waals surface area contributed by atoms with Crippen molar-refractivity contribution in [2.75, 3.05) is 23.4 Å². The van der Waals surface area contributed by atoms with Gasteiger partial charge in [-0.25, -0.2) is 12.8 Å². The molecule has 23 heavy (non-hydrogen) atoms. The van der Waals surface area contributed by atoms with Crippen molar-refractivity contribution in [3.63, 3.8) is 0 Å². The summed E-state index contributed by atoms with van der Waals surface area (Å²) >= 11 is 0. The molecular formula is C15H15FN2O4S. The molecule has 0 spiro atoms. The third kappa shape index (κ3) is 4.68. The van der Waals surface area contributed by atoms with Gasteiger partial charge in [0, 0.05) is 17.3 Å². The van der Waals surface area contributed by atoms with Gasteiger partial charge in [-0.2, -0.15) is 0 Å². The zero-order chi connectivity index (χ0) is 17.0. The molecule has 2 N–H and O–H groups in total. The number of ether oxygens (including phenoxy) is 1. The quantitative estimate of drug-likeness (QED) is 0.877. The predicted octanol–water partition coefficient (Wildman–Crippen LogP) is 2.46. The minimum atomic E-state index is -3.44. The number of hydrogen-bond donors (Lipinski definition) is 2. The minimum Gasteiger partial charge on any atom is -0.494 e. The molecule has 0 saturated heterocycles. The molecule has 0 aromatic heterocycles. The summed E-state index contributed by atoms with van der Waals surface area (Å²) in [7, 11) is -2.08. The highest BCUT2D eigenvalue weighted by atomic mass is 32.2. The zero-order valence-electron chi connectivity index (χ0n) is 12.5. The van der Waals surface area contributed by atoms with Crippen molar-refractivity contribution in [3.05, 3.63) is 53.8 Å². The highest BCUT2D eigenvalue weighted by molar-refractivity contribution is 7.92. The van der Waals surface area contributed by atoms with Crippen molar-refractivity contribution < 1.29 is 22.3 Å². The lowest BCUT2D eigenvalue weighted by molar-refractivity contribution is 0.102. The van der Waals surface area contributed by atoms with E-state index in [9.17, 15) is 17.6 Å². The first kappa shape index (κ1) is 16.8. The summed E-state index contributed by atoms with van der Waals surface area (Å²) < 4.78 is 42.9. The van der Waals surface area contributed by atoms with Crippen LogP contribution in [0.25, 0.3) is 0 Å². The van der Waals surface area contributed by atoms with Crippen LogP contribution in [0.1, 0.15) is 10.4 Å². The van der Waals surface area contributed by atoms with Gasteiger partial charge in [0.25, 0.3) is 5.91 Å². The fourth-order valence-corrected chi connectivity index (χ4v) is 2.46. The van der Waals surface area contributed by atoms with E-state index in [1.54, 1.807) is 6.07 Å². The Hall–Kier alpha value is -2.61. The summed E-state index contributed by atoms with van der Waals surface area (Å²) in [6.07, 6.45) is 1.02. The molecule has 0 radical (unpaired) electrons. The lowest BCUT2D eigenvalue weighted by Crippen LogP contribution is -2.14. The number of benzene rings is 2. The van der Waals surface area contributed by atoms with E-state index >= 15 is 0 Å². The molecule has 2 aromatic rings. The standard InChI is InChI=1S/C15H15FN2O4S/c1-22-14-9-11(16)6-7-13(14)17-15(19)10-4-3-5-12(8-10)18-23(2,20)21/h3-9,18H,1-2H3,(H,17,19). The predicted molar refractivity (Wildman–Crippen MR) is 85.8 cm³/mol. The summed E-state index contributed by atoms with van der Waals surface area (Å²) in [5, 5.41) is 2.59. The van der Waals surface area contributed by atoms with Gasteiger partial charge in [0.2, 0.25) is 10.0 Å². The highest BCUT2D eigenvalue weighted by Crippen LogP contribution is 2.25. The number of nitrogens with one attached hydrogen (secondary N) is 2. The van der Waals surface area contributed by atoms with E-state index in [-0.39, 0.29) is 17.0 Å². The number of amides is 1. The van der Waals surface area contributed by atoms with Crippen LogP contribution in [0.15, 0.2) is 42.5 Å². The number of sulfonamides is 1. The molecule has 0 bridgehead atoms. The fraction of sp³-hybridized carbons (Fsp3) is 0.133. The Morgan fingerprint density at radius 3 is 2.57 bits per heavy atom. The zero-order valence-corrected chi connectivity index (χ0v) is 13.3.